The van der Waals surface area contributed by atoms with E-state index in [1.807, 2.05) is 36.2 Å². The van der Waals surface area contributed by atoms with Crippen LogP contribution in [0.25, 0.3) is 0 Å². The van der Waals surface area contributed by atoms with Crippen LogP contribution >= 0.6 is 11.6 Å². The first-order chi connectivity index (χ1) is 9.63. The monoisotopic (exact) mass is 284 g/mol. The molecule has 0 aliphatic heterocycles. The van der Waals surface area contributed by atoms with Gasteiger partial charge >= 0.3 is 0 Å². The molecule has 0 fully saturated rings. The van der Waals surface area contributed by atoms with Crippen LogP contribution in [0.3, 0.4) is 0 Å². The summed E-state index contributed by atoms with van der Waals surface area (Å²) >= 11 is 6.02. The van der Waals surface area contributed by atoms with Crippen LogP contribution in [0.4, 0.5) is 5.69 Å². The molecule has 100 valence electrons. The van der Waals surface area contributed by atoms with E-state index in [2.05, 4.69) is 6.07 Å². The van der Waals surface area contributed by atoms with E-state index in [1.165, 1.54) is 0 Å². The van der Waals surface area contributed by atoms with E-state index in [0.717, 1.165) is 17.5 Å². The van der Waals surface area contributed by atoms with Crippen molar-refractivity contribution in [2.75, 3.05) is 11.9 Å². The molecule has 0 aromatic heterocycles. The molecule has 2 aromatic carbocycles. The number of hydrogen-bond donors (Lipinski definition) is 0. The number of anilines is 1. The number of hydrogen-bond acceptors (Lipinski definition) is 3. The zero-order valence-corrected chi connectivity index (χ0v) is 11.8. The quantitative estimate of drug-likeness (QED) is 0.805. The maximum Gasteiger partial charge on any atom is 0.151 e. The molecule has 0 radical (unpaired) electrons. The van der Waals surface area contributed by atoms with Crippen LogP contribution in [-0.2, 0) is 6.54 Å². The van der Waals surface area contributed by atoms with Crippen molar-refractivity contribution in [2.24, 2.45) is 0 Å². The second-order valence-electron chi connectivity index (χ2n) is 4.49. The third kappa shape index (κ3) is 3.17. The average Bonchev–Trinajstić information content (AvgIpc) is 2.47. The smallest absolute Gasteiger partial charge is 0.151 e. The normalized spacial score (nSPS) is 9.85. The van der Waals surface area contributed by atoms with Crippen molar-refractivity contribution in [3.8, 4) is 6.07 Å². The number of nitrogens with zero attached hydrogens (tertiary/aromatic N) is 2. The number of benzene rings is 2. The summed E-state index contributed by atoms with van der Waals surface area (Å²) in [6.07, 6.45) is 0.739. The summed E-state index contributed by atoms with van der Waals surface area (Å²) in [5, 5.41) is 9.33. The molecule has 0 aliphatic rings. The maximum atomic E-state index is 10.7. The summed E-state index contributed by atoms with van der Waals surface area (Å²) in [4.78, 5) is 12.8. The highest BCUT2D eigenvalue weighted by molar-refractivity contribution is 6.33. The molecular weight excluding hydrogens is 272 g/mol. The molecule has 20 heavy (non-hydrogen) atoms. The third-order valence-corrected chi connectivity index (χ3v) is 3.35. The maximum absolute atomic E-state index is 10.7. The van der Waals surface area contributed by atoms with Crippen LogP contribution in [0.2, 0.25) is 5.02 Å². The fourth-order valence-electron chi connectivity index (χ4n) is 1.95. The molecule has 0 N–H and O–H groups in total. The molecule has 0 unspecified atom stereocenters. The van der Waals surface area contributed by atoms with Crippen molar-refractivity contribution in [3.63, 3.8) is 0 Å². The average molecular weight is 285 g/mol. The molecule has 0 saturated heterocycles. The van der Waals surface area contributed by atoms with E-state index in [0.29, 0.717) is 22.7 Å². The van der Waals surface area contributed by atoms with Crippen molar-refractivity contribution in [1.29, 1.82) is 5.26 Å². The second-order valence-corrected chi connectivity index (χ2v) is 4.90. The van der Waals surface area contributed by atoms with Crippen molar-refractivity contribution < 1.29 is 4.79 Å². The number of carbonyl (C=O) groups excluding carboxylic acids is 1. The van der Waals surface area contributed by atoms with E-state index in [9.17, 15) is 4.79 Å². The Bertz CT molecular complexity index is 676. The van der Waals surface area contributed by atoms with Crippen molar-refractivity contribution >= 4 is 23.6 Å². The van der Waals surface area contributed by atoms with Crippen LogP contribution < -0.4 is 4.90 Å². The van der Waals surface area contributed by atoms with E-state index >= 15 is 0 Å². The Morgan fingerprint density at radius 2 is 2.10 bits per heavy atom. The molecule has 4 heteroatoms. The fraction of sp³-hybridized carbons (Fsp3) is 0.125. The van der Waals surface area contributed by atoms with Crippen molar-refractivity contribution in [3.05, 3.63) is 64.2 Å². The van der Waals surface area contributed by atoms with Crippen LogP contribution in [0.5, 0.6) is 0 Å². The third-order valence-electron chi connectivity index (χ3n) is 3.03. The first-order valence-corrected chi connectivity index (χ1v) is 6.46. The molecule has 0 spiro atoms. The van der Waals surface area contributed by atoms with E-state index in [4.69, 9.17) is 16.9 Å². The Kier molecular flexibility index (Phi) is 4.39. The Morgan fingerprint density at radius 3 is 2.75 bits per heavy atom. The van der Waals surface area contributed by atoms with Gasteiger partial charge in [0.1, 0.15) is 0 Å². The SMILES string of the molecule is CN(Cc1cccc(C#N)c1)c1ccc(C=O)c(Cl)c1. The Labute approximate surface area is 123 Å². The first kappa shape index (κ1) is 14.1. The Balaban J connectivity index is 2.19. The van der Waals surface area contributed by atoms with E-state index in [1.54, 1.807) is 18.2 Å². The van der Waals surface area contributed by atoms with Gasteiger partial charge < -0.3 is 4.90 Å². The molecule has 0 bridgehead atoms. The molecule has 0 heterocycles. The van der Waals surface area contributed by atoms with Crippen molar-refractivity contribution in [2.45, 2.75) is 6.54 Å². The van der Waals surface area contributed by atoms with E-state index in [-0.39, 0.29) is 0 Å². The summed E-state index contributed by atoms with van der Waals surface area (Å²) in [5.74, 6) is 0. The summed E-state index contributed by atoms with van der Waals surface area (Å²) in [6, 6.07) is 14.9. The lowest BCUT2D eigenvalue weighted by molar-refractivity contribution is 0.112. The summed E-state index contributed by atoms with van der Waals surface area (Å²) < 4.78 is 0. The predicted molar refractivity (Wildman–Crippen MR) is 80.1 cm³/mol. The number of halogens is 1. The Morgan fingerprint density at radius 1 is 1.30 bits per heavy atom. The van der Waals surface area contributed by atoms with Gasteiger partial charge in [-0.05, 0) is 35.9 Å². The number of rotatable bonds is 4. The highest BCUT2D eigenvalue weighted by Gasteiger charge is 2.06. The molecule has 2 rings (SSSR count). The molecule has 2 aromatic rings. The van der Waals surface area contributed by atoms with Gasteiger partial charge in [0.15, 0.2) is 6.29 Å². The summed E-state index contributed by atoms with van der Waals surface area (Å²) in [5.41, 5.74) is 3.09. The van der Waals surface area contributed by atoms with Gasteiger partial charge in [0, 0.05) is 24.8 Å². The highest BCUT2D eigenvalue weighted by atomic mass is 35.5. The highest BCUT2D eigenvalue weighted by Crippen LogP contribution is 2.23. The van der Waals surface area contributed by atoms with Gasteiger partial charge in [-0.3, -0.25) is 4.79 Å². The topological polar surface area (TPSA) is 44.1 Å². The van der Waals surface area contributed by atoms with Gasteiger partial charge in [0.25, 0.3) is 0 Å². The van der Waals surface area contributed by atoms with Crippen LogP contribution in [0.1, 0.15) is 21.5 Å². The van der Waals surface area contributed by atoms with Gasteiger partial charge in [-0.25, -0.2) is 0 Å². The number of nitriles is 1. The Hall–Kier alpha value is -2.31. The second kappa shape index (κ2) is 6.23. The van der Waals surface area contributed by atoms with Gasteiger partial charge in [-0.2, -0.15) is 5.26 Å². The molecule has 0 saturated carbocycles. The molecule has 0 amide bonds. The zero-order chi connectivity index (χ0) is 14.5. The summed E-state index contributed by atoms with van der Waals surface area (Å²) in [6.45, 7) is 0.659. The van der Waals surface area contributed by atoms with Gasteiger partial charge in [0.2, 0.25) is 0 Å². The minimum absolute atomic E-state index is 0.440. The molecule has 0 aliphatic carbocycles. The van der Waals surface area contributed by atoms with Crippen LogP contribution in [-0.4, -0.2) is 13.3 Å². The van der Waals surface area contributed by atoms with Crippen molar-refractivity contribution in [1.82, 2.24) is 0 Å². The molecule has 3 nitrogen and oxygen atoms in total. The lowest BCUT2D eigenvalue weighted by Gasteiger charge is -2.20. The first-order valence-electron chi connectivity index (χ1n) is 6.09. The minimum Gasteiger partial charge on any atom is -0.370 e. The fourth-order valence-corrected chi connectivity index (χ4v) is 2.17. The van der Waals surface area contributed by atoms with Crippen LogP contribution in [0.15, 0.2) is 42.5 Å². The standard InChI is InChI=1S/C16H13ClN2O/c1-19(10-13-4-2-3-12(7-13)9-18)15-6-5-14(11-20)16(17)8-15/h2-8,11H,10H2,1H3. The lowest BCUT2D eigenvalue weighted by atomic mass is 10.1. The molecule has 0 atom stereocenters. The zero-order valence-electron chi connectivity index (χ0n) is 11.0. The lowest BCUT2D eigenvalue weighted by Crippen LogP contribution is -2.16. The van der Waals surface area contributed by atoms with Crippen LogP contribution in [0, 0.1) is 11.3 Å². The largest absolute Gasteiger partial charge is 0.370 e. The molecular formula is C16H13ClN2O. The predicted octanol–water partition coefficient (Wildman–Crippen LogP) is 3.66. The summed E-state index contributed by atoms with van der Waals surface area (Å²) in [7, 11) is 1.94. The number of aldehydes is 1. The van der Waals surface area contributed by atoms with Gasteiger partial charge in [-0.15, -0.1) is 0 Å². The van der Waals surface area contributed by atoms with Gasteiger partial charge in [0.05, 0.1) is 16.7 Å². The van der Waals surface area contributed by atoms with E-state index < -0.39 is 0 Å². The van der Waals surface area contributed by atoms with Gasteiger partial charge in [-0.1, -0.05) is 23.7 Å². The minimum atomic E-state index is 0.440. The number of carbonyl (C=O) groups is 1.